The van der Waals surface area contributed by atoms with Crippen molar-refractivity contribution >= 4 is 0 Å². The number of nitrogens with two attached hydrogens (primary N) is 1. The fourth-order valence-electron chi connectivity index (χ4n) is 2.58. The van der Waals surface area contributed by atoms with Crippen LogP contribution in [0.15, 0.2) is 47.1 Å². The fraction of sp³-hybridized carbons (Fsp3) is 0.333. The molecule has 1 saturated carbocycles. The minimum Gasteiger partial charge on any atom is -0.469 e. The highest BCUT2D eigenvalue weighted by Gasteiger charge is 2.43. The summed E-state index contributed by atoms with van der Waals surface area (Å²) in [5, 5.41) is 0. The van der Waals surface area contributed by atoms with E-state index in [1.54, 1.807) is 6.26 Å². The molecule has 1 fully saturated rings. The van der Waals surface area contributed by atoms with Crippen LogP contribution in [0.4, 0.5) is 0 Å². The minimum absolute atomic E-state index is 0.109. The van der Waals surface area contributed by atoms with E-state index in [1.165, 1.54) is 12.0 Å². The lowest BCUT2D eigenvalue weighted by Crippen LogP contribution is -2.12. The summed E-state index contributed by atoms with van der Waals surface area (Å²) >= 11 is 0. The molecule has 88 valence electrons. The molecule has 0 radical (unpaired) electrons. The Kier molecular flexibility index (Phi) is 2.52. The van der Waals surface area contributed by atoms with Crippen LogP contribution in [0.1, 0.15) is 35.3 Å². The molecular formula is C15H17NO. The number of hydrogen-bond donors (Lipinski definition) is 1. The normalized spacial score (nSPS) is 24.6. The van der Waals surface area contributed by atoms with E-state index >= 15 is 0 Å². The Morgan fingerprint density at radius 2 is 2.06 bits per heavy atom. The molecule has 2 nitrogen and oxygen atoms in total. The van der Waals surface area contributed by atoms with Gasteiger partial charge in [-0.3, -0.25) is 0 Å². The van der Waals surface area contributed by atoms with Crippen molar-refractivity contribution in [3.05, 3.63) is 59.5 Å². The van der Waals surface area contributed by atoms with Crippen LogP contribution in [-0.4, -0.2) is 0 Å². The van der Waals surface area contributed by atoms with Gasteiger partial charge in [-0.1, -0.05) is 30.3 Å². The fourth-order valence-corrected chi connectivity index (χ4v) is 2.58. The van der Waals surface area contributed by atoms with Crippen LogP contribution in [0.5, 0.6) is 0 Å². The van der Waals surface area contributed by atoms with E-state index in [2.05, 4.69) is 30.3 Å². The number of hydrogen-bond acceptors (Lipinski definition) is 2. The summed E-state index contributed by atoms with van der Waals surface area (Å²) in [6.45, 7) is 1.96. The Balaban J connectivity index is 1.73. The Labute approximate surface area is 101 Å². The maximum absolute atomic E-state index is 6.28. The summed E-state index contributed by atoms with van der Waals surface area (Å²) in [4.78, 5) is 0. The van der Waals surface area contributed by atoms with Gasteiger partial charge < -0.3 is 10.2 Å². The van der Waals surface area contributed by atoms with Gasteiger partial charge in [0.2, 0.25) is 0 Å². The van der Waals surface area contributed by atoms with Crippen molar-refractivity contribution in [1.82, 2.24) is 0 Å². The van der Waals surface area contributed by atoms with Crippen LogP contribution >= 0.6 is 0 Å². The molecule has 3 rings (SSSR count). The third-order valence-corrected chi connectivity index (χ3v) is 3.66. The van der Waals surface area contributed by atoms with Gasteiger partial charge in [-0.05, 0) is 36.8 Å². The predicted octanol–water partition coefficient (Wildman–Crippen LogP) is 3.39. The number of furan rings is 1. The van der Waals surface area contributed by atoms with Crippen LogP contribution in [0.25, 0.3) is 0 Å². The third kappa shape index (κ3) is 2.01. The molecule has 1 aliphatic carbocycles. The van der Waals surface area contributed by atoms with Gasteiger partial charge in [0.1, 0.15) is 5.76 Å². The van der Waals surface area contributed by atoms with Crippen molar-refractivity contribution in [1.29, 1.82) is 0 Å². The van der Waals surface area contributed by atoms with E-state index in [1.807, 2.05) is 13.0 Å². The SMILES string of the molecule is Cc1cc(C(N)C2CC2c2ccccc2)co1. The first-order valence-electron chi connectivity index (χ1n) is 6.11. The molecule has 0 saturated heterocycles. The molecule has 1 aromatic carbocycles. The molecule has 0 bridgehead atoms. The van der Waals surface area contributed by atoms with Gasteiger partial charge in [-0.15, -0.1) is 0 Å². The van der Waals surface area contributed by atoms with Gasteiger partial charge in [-0.25, -0.2) is 0 Å². The molecule has 1 heterocycles. The topological polar surface area (TPSA) is 39.2 Å². The summed E-state index contributed by atoms with van der Waals surface area (Å²) in [5.41, 5.74) is 8.82. The predicted molar refractivity (Wildman–Crippen MR) is 67.7 cm³/mol. The molecule has 3 atom stereocenters. The molecule has 0 aliphatic heterocycles. The average Bonchev–Trinajstić information content (AvgIpc) is 3.05. The monoisotopic (exact) mass is 227 g/mol. The first-order valence-corrected chi connectivity index (χ1v) is 6.11. The molecule has 2 heteroatoms. The smallest absolute Gasteiger partial charge is 0.101 e. The second kappa shape index (κ2) is 4.04. The second-order valence-corrected chi connectivity index (χ2v) is 4.93. The molecule has 1 aliphatic rings. The molecular weight excluding hydrogens is 210 g/mol. The van der Waals surface area contributed by atoms with Crippen LogP contribution < -0.4 is 5.73 Å². The summed E-state index contributed by atoms with van der Waals surface area (Å²) < 4.78 is 5.32. The Bertz CT molecular complexity index is 503. The first kappa shape index (κ1) is 10.6. The highest BCUT2D eigenvalue weighted by atomic mass is 16.3. The van der Waals surface area contributed by atoms with Crippen molar-refractivity contribution in [2.45, 2.75) is 25.3 Å². The lowest BCUT2D eigenvalue weighted by Gasteiger charge is -2.08. The Morgan fingerprint density at radius 1 is 1.29 bits per heavy atom. The standard InChI is InChI=1S/C15H17NO/c1-10-7-12(9-17-10)15(16)14-8-13(14)11-5-3-2-4-6-11/h2-7,9,13-15H,8,16H2,1H3. The highest BCUT2D eigenvalue weighted by Crippen LogP contribution is 2.53. The maximum Gasteiger partial charge on any atom is 0.101 e. The molecule has 3 unspecified atom stereocenters. The van der Waals surface area contributed by atoms with Crippen LogP contribution in [0.3, 0.4) is 0 Å². The van der Waals surface area contributed by atoms with Crippen molar-refractivity contribution < 1.29 is 4.42 Å². The van der Waals surface area contributed by atoms with Crippen molar-refractivity contribution in [2.24, 2.45) is 11.7 Å². The Morgan fingerprint density at radius 3 is 2.71 bits per heavy atom. The summed E-state index contributed by atoms with van der Waals surface area (Å²) in [6, 6.07) is 12.8. The van der Waals surface area contributed by atoms with Gasteiger partial charge >= 0.3 is 0 Å². The van der Waals surface area contributed by atoms with Gasteiger partial charge in [-0.2, -0.15) is 0 Å². The highest BCUT2D eigenvalue weighted by molar-refractivity contribution is 5.29. The zero-order valence-electron chi connectivity index (χ0n) is 9.97. The Hall–Kier alpha value is -1.54. The maximum atomic E-state index is 6.28. The number of rotatable bonds is 3. The quantitative estimate of drug-likeness (QED) is 0.873. The minimum atomic E-state index is 0.109. The van der Waals surface area contributed by atoms with Crippen molar-refractivity contribution in [3.63, 3.8) is 0 Å². The van der Waals surface area contributed by atoms with Gasteiger partial charge in [0.25, 0.3) is 0 Å². The lowest BCUT2D eigenvalue weighted by molar-refractivity contribution is 0.523. The van der Waals surface area contributed by atoms with Crippen LogP contribution in [0.2, 0.25) is 0 Å². The first-order chi connectivity index (χ1) is 8.25. The van der Waals surface area contributed by atoms with Gasteiger partial charge in [0, 0.05) is 11.6 Å². The average molecular weight is 227 g/mol. The van der Waals surface area contributed by atoms with E-state index in [9.17, 15) is 0 Å². The van der Waals surface area contributed by atoms with Gasteiger partial charge in [0.05, 0.1) is 6.26 Å². The van der Waals surface area contributed by atoms with Gasteiger partial charge in [0.15, 0.2) is 0 Å². The molecule has 2 aromatic rings. The summed E-state index contributed by atoms with van der Waals surface area (Å²) in [6.07, 6.45) is 2.98. The second-order valence-electron chi connectivity index (χ2n) is 4.93. The molecule has 0 amide bonds. The van der Waals surface area contributed by atoms with E-state index in [-0.39, 0.29) is 6.04 Å². The third-order valence-electron chi connectivity index (χ3n) is 3.66. The summed E-state index contributed by atoms with van der Waals surface area (Å²) in [5.74, 6) is 2.13. The summed E-state index contributed by atoms with van der Waals surface area (Å²) in [7, 11) is 0. The van der Waals surface area contributed by atoms with E-state index < -0.39 is 0 Å². The molecule has 2 N–H and O–H groups in total. The number of benzene rings is 1. The van der Waals surface area contributed by atoms with Crippen LogP contribution in [-0.2, 0) is 0 Å². The largest absolute Gasteiger partial charge is 0.469 e. The molecule has 0 spiro atoms. The number of aryl methyl sites for hydroxylation is 1. The lowest BCUT2D eigenvalue weighted by atomic mass is 10.0. The van der Waals surface area contributed by atoms with E-state index in [0.717, 1.165) is 11.3 Å². The van der Waals surface area contributed by atoms with Crippen LogP contribution in [0, 0.1) is 12.8 Å². The zero-order chi connectivity index (χ0) is 11.8. The molecule has 17 heavy (non-hydrogen) atoms. The molecule has 1 aromatic heterocycles. The van der Waals surface area contributed by atoms with E-state index in [0.29, 0.717) is 11.8 Å². The van der Waals surface area contributed by atoms with Crippen molar-refractivity contribution in [3.8, 4) is 0 Å². The zero-order valence-corrected chi connectivity index (χ0v) is 9.97. The van der Waals surface area contributed by atoms with Crippen molar-refractivity contribution in [2.75, 3.05) is 0 Å². The van der Waals surface area contributed by atoms with E-state index in [4.69, 9.17) is 10.2 Å².